The Morgan fingerprint density at radius 1 is 1.00 bits per heavy atom. The van der Waals surface area contributed by atoms with Crippen LogP contribution in [0, 0.1) is 11.7 Å². The monoisotopic (exact) mass is 344 g/mol. The average Bonchev–Trinajstić information content (AvgIpc) is 3.13. The maximum atomic E-state index is 13.4. The Morgan fingerprint density at radius 3 is 2.44 bits per heavy atom. The molecule has 0 spiro atoms. The quantitative estimate of drug-likeness (QED) is 0.823. The van der Waals surface area contributed by atoms with E-state index in [9.17, 15) is 4.39 Å². The lowest BCUT2D eigenvalue weighted by Crippen LogP contribution is -2.35. The zero-order chi connectivity index (χ0) is 17.1. The van der Waals surface area contributed by atoms with Gasteiger partial charge in [0, 0.05) is 19.6 Å². The van der Waals surface area contributed by atoms with Gasteiger partial charge in [-0.1, -0.05) is 31.4 Å². The third-order valence-electron chi connectivity index (χ3n) is 5.81. The standard InChI is InChI=1S/C20H25FN2O2/c21-17-8-6-16(7-9-17)20(10-12-24-13-11-20)19-23-22-18(25-19)14-15-4-2-1-3-5-15/h6-9,15H,1-5,10-14H2. The second-order valence-corrected chi connectivity index (χ2v) is 7.41. The van der Waals surface area contributed by atoms with Crippen LogP contribution in [0.3, 0.4) is 0 Å². The van der Waals surface area contributed by atoms with Gasteiger partial charge in [-0.2, -0.15) is 0 Å². The van der Waals surface area contributed by atoms with Gasteiger partial charge in [-0.15, -0.1) is 10.2 Å². The molecule has 134 valence electrons. The molecule has 2 fully saturated rings. The third-order valence-corrected chi connectivity index (χ3v) is 5.81. The number of rotatable bonds is 4. The van der Waals surface area contributed by atoms with Crippen molar-refractivity contribution in [2.75, 3.05) is 13.2 Å². The summed E-state index contributed by atoms with van der Waals surface area (Å²) < 4.78 is 25.1. The van der Waals surface area contributed by atoms with Crippen molar-refractivity contribution in [2.24, 2.45) is 5.92 Å². The predicted molar refractivity (Wildman–Crippen MR) is 91.8 cm³/mol. The highest BCUT2D eigenvalue weighted by Gasteiger charge is 2.41. The molecule has 2 aliphatic rings. The van der Waals surface area contributed by atoms with Crippen LogP contribution in [-0.4, -0.2) is 23.4 Å². The molecule has 4 rings (SSSR count). The van der Waals surface area contributed by atoms with E-state index in [-0.39, 0.29) is 11.2 Å². The Kier molecular flexibility index (Phi) is 4.84. The zero-order valence-electron chi connectivity index (χ0n) is 14.5. The smallest absolute Gasteiger partial charge is 0.227 e. The van der Waals surface area contributed by atoms with Crippen LogP contribution in [0.25, 0.3) is 0 Å². The number of ether oxygens (including phenoxy) is 1. The molecule has 0 bridgehead atoms. The van der Waals surface area contributed by atoms with Crippen LogP contribution >= 0.6 is 0 Å². The van der Waals surface area contributed by atoms with Gasteiger partial charge in [-0.25, -0.2) is 4.39 Å². The van der Waals surface area contributed by atoms with Crippen LogP contribution < -0.4 is 0 Å². The predicted octanol–water partition coefficient (Wildman–Crippen LogP) is 4.43. The Hall–Kier alpha value is -1.75. The molecule has 1 aromatic carbocycles. The van der Waals surface area contributed by atoms with Gasteiger partial charge in [-0.05, 0) is 49.3 Å². The minimum absolute atomic E-state index is 0.227. The molecule has 0 N–H and O–H groups in total. The number of hydrogen-bond acceptors (Lipinski definition) is 4. The normalized spacial score (nSPS) is 21.3. The highest BCUT2D eigenvalue weighted by molar-refractivity contribution is 5.32. The molecule has 0 radical (unpaired) electrons. The fraction of sp³-hybridized carbons (Fsp3) is 0.600. The maximum absolute atomic E-state index is 13.4. The largest absolute Gasteiger partial charge is 0.424 e. The van der Waals surface area contributed by atoms with Gasteiger partial charge < -0.3 is 9.15 Å². The molecule has 2 aromatic rings. The van der Waals surface area contributed by atoms with Crippen molar-refractivity contribution in [2.45, 2.75) is 56.8 Å². The van der Waals surface area contributed by atoms with Crippen LogP contribution in [-0.2, 0) is 16.6 Å². The van der Waals surface area contributed by atoms with E-state index in [1.165, 1.54) is 44.2 Å². The summed E-state index contributed by atoms with van der Waals surface area (Å²) in [6, 6.07) is 6.69. The van der Waals surface area contributed by atoms with Gasteiger partial charge in [0.05, 0.1) is 5.41 Å². The van der Waals surface area contributed by atoms with E-state index >= 15 is 0 Å². The third kappa shape index (κ3) is 3.47. The van der Waals surface area contributed by atoms with Crippen molar-refractivity contribution < 1.29 is 13.5 Å². The molecule has 1 saturated heterocycles. The highest BCUT2D eigenvalue weighted by Crippen LogP contribution is 2.41. The lowest BCUT2D eigenvalue weighted by Gasteiger charge is -2.34. The first-order valence-electron chi connectivity index (χ1n) is 9.43. The molecule has 0 atom stereocenters. The second-order valence-electron chi connectivity index (χ2n) is 7.41. The molecular formula is C20H25FN2O2. The van der Waals surface area contributed by atoms with Crippen molar-refractivity contribution in [1.29, 1.82) is 0 Å². The van der Waals surface area contributed by atoms with Crippen molar-refractivity contribution in [3.8, 4) is 0 Å². The second kappa shape index (κ2) is 7.24. The number of benzene rings is 1. The van der Waals surface area contributed by atoms with Crippen LogP contribution in [0.15, 0.2) is 28.7 Å². The molecule has 4 nitrogen and oxygen atoms in total. The summed E-state index contributed by atoms with van der Waals surface area (Å²) in [7, 11) is 0. The molecule has 5 heteroatoms. The summed E-state index contributed by atoms with van der Waals surface area (Å²) in [5.41, 5.74) is 0.675. The summed E-state index contributed by atoms with van der Waals surface area (Å²) >= 11 is 0. The van der Waals surface area contributed by atoms with E-state index in [1.54, 1.807) is 0 Å². The fourth-order valence-corrected chi connectivity index (χ4v) is 4.28. The molecule has 1 saturated carbocycles. The average molecular weight is 344 g/mol. The van der Waals surface area contributed by atoms with Gasteiger partial charge in [0.1, 0.15) is 5.82 Å². The number of halogens is 1. The minimum Gasteiger partial charge on any atom is -0.424 e. The van der Waals surface area contributed by atoms with Gasteiger partial charge in [0.25, 0.3) is 0 Å². The van der Waals surface area contributed by atoms with E-state index in [0.717, 1.165) is 30.7 Å². The number of nitrogens with zero attached hydrogens (tertiary/aromatic N) is 2. The summed E-state index contributed by atoms with van der Waals surface area (Å²) in [4.78, 5) is 0. The van der Waals surface area contributed by atoms with E-state index in [1.807, 2.05) is 12.1 Å². The Balaban J connectivity index is 1.60. The number of aromatic nitrogens is 2. The molecule has 1 aliphatic heterocycles. The number of hydrogen-bond donors (Lipinski definition) is 0. The molecule has 0 unspecified atom stereocenters. The van der Waals surface area contributed by atoms with E-state index in [4.69, 9.17) is 9.15 Å². The van der Waals surface area contributed by atoms with Crippen molar-refractivity contribution >= 4 is 0 Å². The van der Waals surface area contributed by atoms with Gasteiger partial charge in [0.2, 0.25) is 11.8 Å². The fourth-order valence-electron chi connectivity index (χ4n) is 4.28. The van der Waals surface area contributed by atoms with Gasteiger partial charge in [-0.3, -0.25) is 0 Å². The zero-order valence-corrected chi connectivity index (χ0v) is 14.5. The van der Waals surface area contributed by atoms with Crippen LogP contribution in [0.1, 0.15) is 62.3 Å². The molecule has 0 amide bonds. The first kappa shape index (κ1) is 16.7. The Labute approximate surface area is 147 Å². The lowest BCUT2D eigenvalue weighted by molar-refractivity contribution is 0.0539. The molecule has 25 heavy (non-hydrogen) atoms. The van der Waals surface area contributed by atoms with Crippen molar-refractivity contribution in [1.82, 2.24) is 10.2 Å². The SMILES string of the molecule is Fc1ccc(C2(c3nnc(CC4CCCCC4)o3)CCOCC2)cc1. The highest BCUT2D eigenvalue weighted by atomic mass is 19.1. The molecule has 2 heterocycles. The van der Waals surface area contributed by atoms with Crippen LogP contribution in [0.5, 0.6) is 0 Å². The minimum atomic E-state index is -0.357. The summed E-state index contributed by atoms with van der Waals surface area (Å²) in [5, 5.41) is 8.75. The maximum Gasteiger partial charge on any atom is 0.227 e. The first-order valence-corrected chi connectivity index (χ1v) is 9.43. The summed E-state index contributed by atoms with van der Waals surface area (Å²) in [5.74, 6) is 1.84. The van der Waals surface area contributed by atoms with Crippen molar-refractivity contribution in [3.05, 3.63) is 47.4 Å². The molecular weight excluding hydrogens is 319 g/mol. The molecule has 1 aromatic heterocycles. The van der Waals surface area contributed by atoms with Crippen molar-refractivity contribution in [3.63, 3.8) is 0 Å². The summed E-state index contributed by atoms with van der Waals surface area (Å²) in [6.45, 7) is 1.30. The first-order chi connectivity index (χ1) is 12.3. The van der Waals surface area contributed by atoms with E-state index < -0.39 is 0 Å². The van der Waals surface area contributed by atoms with Crippen LogP contribution in [0.2, 0.25) is 0 Å². The topological polar surface area (TPSA) is 48.2 Å². The van der Waals surface area contributed by atoms with Gasteiger partial charge in [0.15, 0.2) is 0 Å². The van der Waals surface area contributed by atoms with Crippen LogP contribution in [0.4, 0.5) is 4.39 Å². The van der Waals surface area contributed by atoms with Gasteiger partial charge >= 0.3 is 0 Å². The van der Waals surface area contributed by atoms with E-state index in [2.05, 4.69) is 10.2 Å². The Morgan fingerprint density at radius 2 is 1.72 bits per heavy atom. The van der Waals surface area contributed by atoms with E-state index in [0.29, 0.717) is 25.0 Å². The molecule has 1 aliphatic carbocycles. The lowest BCUT2D eigenvalue weighted by atomic mass is 9.74. The summed E-state index contributed by atoms with van der Waals surface area (Å²) in [6.07, 6.45) is 8.92. The Bertz CT molecular complexity index is 686.